The van der Waals surface area contributed by atoms with Crippen LogP contribution in [0.2, 0.25) is 0 Å². The highest BCUT2D eigenvalue weighted by Crippen LogP contribution is 2.74. The minimum Gasteiger partial charge on any atom is -0.457 e. The largest absolute Gasteiger partial charge is 0.457 e. The van der Waals surface area contributed by atoms with Crippen LogP contribution in [0, 0.1) is 34.5 Å². The van der Waals surface area contributed by atoms with Gasteiger partial charge in [0.1, 0.15) is 18.0 Å². The smallest absolute Gasteiger partial charge is 0.309 e. The molecule has 8 atom stereocenters. The molecule has 36 heavy (non-hydrogen) atoms. The SMILES string of the molecule is CCCCC(C)C(=O)OCC(=O)[C@H]1CC[C@H]2[C@@H]3CC=C4C=C(OC(C)=O)C=C[C@]4(C)[C@@]34O[C@H]4C[C@]12C. The van der Waals surface area contributed by atoms with Crippen molar-refractivity contribution in [2.75, 3.05) is 6.61 Å². The average Bonchev–Trinajstić information content (AvgIpc) is 3.45. The molecule has 5 rings (SSSR count). The lowest BCUT2D eigenvalue weighted by atomic mass is 9.48. The fourth-order valence-electron chi connectivity index (χ4n) is 8.17. The summed E-state index contributed by atoms with van der Waals surface area (Å²) in [5, 5.41) is 0. The van der Waals surface area contributed by atoms with Gasteiger partial charge in [-0.25, -0.2) is 0 Å². The molecule has 1 saturated heterocycles. The summed E-state index contributed by atoms with van der Waals surface area (Å²) in [4.78, 5) is 37.2. The fourth-order valence-corrected chi connectivity index (χ4v) is 8.17. The van der Waals surface area contributed by atoms with Crippen molar-refractivity contribution >= 4 is 17.7 Å². The van der Waals surface area contributed by atoms with Gasteiger partial charge in [-0.05, 0) is 74.0 Å². The molecule has 1 spiro atoms. The Morgan fingerprint density at radius 1 is 1.19 bits per heavy atom. The number of rotatable bonds is 8. The molecule has 5 aliphatic rings. The number of allylic oxidation sites excluding steroid dienone is 3. The quantitative estimate of drug-likeness (QED) is 0.327. The number of carbonyl (C=O) groups is 3. The molecule has 0 amide bonds. The zero-order valence-electron chi connectivity index (χ0n) is 22.3. The molecule has 196 valence electrons. The second-order valence-electron chi connectivity index (χ2n) is 12.1. The van der Waals surface area contributed by atoms with Crippen LogP contribution >= 0.6 is 0 Å². The van der Waals surface area contributed by atoms with E-state index in [1.54, 1.807) is 0 Å². The Bertz CT molecular complexity index is 1050. The van der Waals surface area contributed by atoms with E-state index < -0.39 is 0 Å². The van der Waals surface area contributed by atoms with E-state index in [0.29, 0.717) is 17.6 Å². The second kappa shape index (κ2) is 8.97. The van der Waals surface area contributed by atoms with Crippen LogP contribution < -0.4 is 0 Å². The summed E-state index contributed by atoms with van der Waals surface area (Å²) in [5.41, 5.74) is 0.455. The molecule has 3 fully saturated rings. The molecule has 2 saturated carbocycles. The maximum atomic E-state index is 13.4. The number of epoxide rings is 1. The number of carbonyl (C=O) groups excluding carboxylic acids is 3. The summed E-state index contributed by atoms with van der Waals surface area (Å²) in [6, 6.07) is 0. The molecule has 0 aromatic rings. The van der Waals surface area contributed by atoms with Crippen molar-refractivity contribution in [3.8, 4) is 0 Å². The lowest BCUT2D eigenvalue weighted by Gasteiger charge is -2.53. The molecular weight excluding hydrogens is 456 g/mol. The highest BCUT2D eigenvalue weighted by molar-refractivity contribution is 5.86. The van der Waals surface area contributed by atoms with Gasteiger partial charge in [-0.3, -0.25) is 14.4 Å². The Hall–Kier alpha value is -2.21. The number of esters is 2. The van der Waals surface area contributed by atoms with Gasteiger partial charge >= 0.3 is 11.9 Å². The number of hydrogen-bond acceptors (Lipinski definition) is 6. The van der Waals surface area contributed by atoms with Crippen LogP contribution in [0.4, 0.5) is 0 Å². The van der Waals surface area contributed by atoms with E-state index in [-0.39, 0.29) is 58.7 Å². The van der Waals surface area contributed by atoms with E-state index in [1.165, 1.54) is 6.92 Å². The van der Waals surface area contributed by atoms with Gasteiger partial charge in [0, 0.05) is 18.3 Å². The summed E-state index contributed by atoms with van der Waals surface area (Å²) in [5.74, 6) is 0.509. The van der Waals surface area contributed by atoms with E-state index in [2.05, 4.69) is 32.9 Å². The van der Waals surface area contributed by atoms with Crippen LogP contribution in [0.1, 0.15) is 79.6 Å². The van der Waals surface area contributed by atoms with E-state index >= 15 is 0 Å². The van der Waals surface area contributed by atoms with Crippen molar-refractivity contribution in [3.05, 3.63) is 35.6 Å². The molecular formula is C30H40O6. The summed E-state index contributed by atoms with van der Waals surface area (Å²) in [7, 11) is 0. The van der Waals surface area contributed by atoms with Crippen LogP contribution in [-0.2, 0) is 28.6 Å². The standard InChI is InChI=1S/C30H40O6/c1-6-7-8-18(2)27(33)34-17-25(32)24-12-11-22-23-10-9-20-15-21(35-19(3)31)13-14-29(20,5)30(23)26(36-30)16-28(22,24)4/h9,13-15,18,22-24,26H,6-8,10-12,16-17H2,1-5H3/t18?,22-,23-,24+,26-,28-,29-,30+/m0/s1. The third kappa shape index (κ3) is 3.74. The van der Waals surface area contributed by atoms with Crippen molar-refractivity contribution in [1.82, 2.24) is 0 Å². The van der Waals surface area contributed by atoms with E-state index in [4.69, 9.17) is 14.2 Å². The van der Waals surface area contributed by atoms with Gasteiger partial charge in [-0.15, -0.1) is 0 Å². The minimum absolute atomic E-state index is 0.0639. The first kappa shape index (κ1) is 25.4. The van der Waals surface area contributed by atoms with Gasteiger partial charge in [-0.1, -0.05) is 45.8 Å². The fraction of sp³-hybridized carbons (Fsp3) is 0.700. The summed E-state index contributed by atoms with van der Waals surface area (Å²) in [6.45, 7) is 9.80. The Morgan fingerprint density at radius 2 is 1.97 bits per heavy atom. The molecule has 6 heteroatoms. The summed E-state index contributed by atoms with van der Waals surface area (Å²) < 4.78 is 17.5. The number of ether oxygens (including phenoxy) is 3. The highest BCUT2D eigenvalue weighted by Gasteiger charge is 2.78. The van der Waals surface area contributed by atoms with E-state index in [1.807, 2.05) is 19.1 Å². The van der Waals surface area contributed by atoms with Gasteiger partial charge in [-0.2, -0.15) is 0 Å². The molecule has 0 radical (unpaired) electrons. The summed E-state index contributed by atoms with van der Waals surface area (Å²) in [6.07, 6.45) is 14.8. The second-order valence-corrected chi connectivity index (χ2v) is 12.1. The number of fused-ring (bicyclic) bond motifs is 3. The maximum absolute atomic E-state index is 13.4. The Kier molecular flexibility index (Phi) is 6.34. The highest BCUT2D eigenvalue weighted by atomic mass is 16.6. The average molecular weight is 497 g/mol. The van der Waals surface area contributed by atoms with Crippen LogP contribution in [0.15, 0.2) is 35.6 Å². The maximum Gasteiger partial charge on any atom is 0.309 e. The van der Waals surface area contributed by atoms with Crippen molar-refractivity contribution in [2.45, 2.75) is 91.3 Å². The lowest BCUT2D eigenvalue weighted by Crippen LogP contribution is -2.56. The Labute approximate surface area is 214 Å². The Morgan fingerprint density at radius 3 is 2.69 bits per heavy atom. The molecule has 4 aliphatic carbocycles. The van der Waals surface area contributed by atoms with Crippen molar-refractivity contribution < 1.29 is 28.6 Å². The molecule has 6 nitrogen and oxygen atoms in total. The molecule has 0 N–H and O–H groups in total. The topological polar surface area (TPSA) is 82.2 Å². The molecule has 0 aromatic carbocycles. The molecule has 0 aromatic heterocycles. The van der Waals surface area contributed by atoms with Gasteiger partial charge < -0.3 is 14.2 Å². The first-order valence-corrected chi connectivity index (χ1v) is 13.7. The van der Waals surface area contributed by atoms with Crippen molar-refractivity contribution in [1.29, 1.82) is 0 Å². The van der Waals surface area contributed by atoms with Crippen LogP contribution in [0.3, 0.4) is 0 Å². The summed E-state index contributed by atoms with van der Waals surface area (Å²) >= 11 is 0. The zero-order valence-corrected chi connectivity index (χ0v) is 22.3. The zero-order chi connectivity index (χ0) is 25.9. The van der Waals surface area contributed by atoms with Crippen LogP contribution in [0.25, 0.3) is 0 Å². The Balaban J connectivity index is 1.31. The first-order chi connectivity index (χ1) is 17.1. The molecule has 1 unspecified atom stereocenters. The normalized spacial score (nSPS) is 40.5. The monoisotopic (exact) mass is 496 g/mol. The number of ketones is 1. The molecule has 1 heterocycles. The first-order valence-electron chi connectivity index (χ1n) is 13.7. The van der Waals surface area contributed by atoms with Crippen LogP contribution in [0.5, 0.6) is 0 Å². The molecule has 0 bridgehead atoms. The van der Waals surface area contributed by atoms with Crippen molar-refractivity contribution in [3.63, 3.8) is 0 Å². The van der Waals surface area contributed by atoms with E-state index in [0.717, 1.165) is 50.5 Å². The minimum atomic E-state index is -0.321. The predicted molar refractivity (Wildman–Crippen MR) is 134 cm³/mol. The number of Topliss-reactive ketones (excluding diaryl/α,β-unsaturated/α-hetero) is 1. The third-order valence-electron chi connectivity index (χ3n) is 10.1. The van der Waals surface area contributed by atoms with Crippen LogP contribution in [-0.4, -0.2) is 36.0 Å². The third-order valence-corrected chi connectivity index (χ3v) is 10.1. The van der Waals surface area contributed by atoms with Crippen molar-refractivity contribution in [2.24, 2.45) is 34.5 Å². The van der Waals surface area contributed by atoms with Gasteiger partial charge in [0.15, 0.2) is 5.78 Å². The number of hydrogen-bond donors (Lipinski definition) is 0. The van der Waals surface area contributed by atoms with Gasteiger partial charge in [0.2, 0.25) is 0 Å². The number of unbranched alkanes of at least 4 members (excludes halogenated alkanes) is 1. The van der Waals surface area contributed by atoms with Gasteiger partial charge in [0.25, 0.3) is 0 Å². The van der Waals surface area contributed by atoms with E-state index in [9.17, 15) is 14.4 Å². The lowest BCUT2D eigenvalue weighted by molar-refractivity contribution is -0.154. The van der Waals surface area contributed by atoms with Gasteiger partial charge in [0.05, 0.1) is 12.0 Å². The predicted octanol–water partition coefficient (Wildman–Crippen LogP) is 5.47. The molecule has 1 aliphatic heterocycles.